The molecule has 1 heterocycles. The van der Waals surface area contributed by atoms with Crippen molar-refractivity contribution in [3.05, 3.63) is 40.9 Å². The summed E-state index contributed by atoms with van der Waals surface area (Å²) in [5, 5.41) is 12.6. The summed E-state index contributed by atoms with van der Waals surface area (Å²) in [4.78, 5) is 14.4. The maximum Gasteiger partial charge on any atom is 0.303 e. The molecule has 0 fully saturated rings. The highest BCUT2D eigenvalue weighted by molar-refractivity contribution is 9.10. The van der Waals surface area contributed by atoms with Gasteiger partial charge in [-0.05, 0) is 40.0 Å². The molecule has 0 saturated carbocycles. The Morgan fingerprint density at radius 3 is 2.88 bits per heavy atom. The number of hydrogen-bond acceptors (Lipinski definition) is 3. The number of benzene rings is 1. The van der Waals surface area contributed by atoms with Crippen molar-refractivity contribution in [3.8, 4) is 5.69 Å². The van der Waals surface area contributed by atoms with Crippen LogP contribution in [-0.4, -0.2) is 25.8 Å². The predicted molar refractivity (Wildman–Crippen MR) is 65.0 cm³/mol. The number of carboxylic acid groups (broad SMARTS) is 1. The molecule has 0 spiro atoms. The van der Waals surface area contributed by atoms with E-state index in [4.69, 9.17) is 5.11 Å². The monoisotopic (exact) mass is 295 g/mol. The molecule has 5 nitrogen and oxygen atoms in total. The number of rotatable bonds is 4. The Kier molecular flexibility index (Phi) is 3.53. The van der Waals surface area contributed by atoms with Gasteiger partial charge in [-0.1, -0.05) is 6.07 Å². The summed E-state index contributed by atoms with van der Waals surface area (Å²) in [6.45, 7) is 0. The zero-order valence-corrected chi connectivity index (χ0v) is 10.5. The highest BCUT2D eigenvalue weighted by Crippen LogP contribution is 2.22. The maximum absolute atomic E-state index is 10.5. The van der Waals surface area contributed by atoms with Crippen LogP contribution in [0.4, 0.5) is 0 Å². The van der Waals surface area contributed by atoms with Crippen molar-refractivity contribution in [2.45, 2.75) is 12.8 Å². The summed E-state index contributed by atoms with van der Waals surface area (Å²) in [5.41, 5.74) is 1.85. The summed E-state index contributed by atoms with van der Waals surface area (Å²) in [5.74, 6) is -0.790. The standard InChI is InChI=1S/C11H10BrN3O2/c12-9-5-8(2-4-11(16)17)1-3-10(9)15-7-13-6-14-15/h1,3,5-7H,2,4H2,(H,16,17). The van der Waals surface area contributed by atoms with Gasteiger partial charge in [0, 0.05) is 10.9 Å². The minimum atomic E-state index is -0.790. The smallest absolute Gasteiger partial charge is 0.303 e. The summed E-state index contributed by atoms with van der Waals surface area (Å²) in [7, 11) is 0. The Labute approximate surface area is 106 Å². The molecule has 88 valence electrons. The SMILES string of the molecule is O=C(O)CCc1ccc(-n2cncn2)c(Br)c1. The lowest BCUT2D eigenvalue weighted by molar-refractivity contribution is -0.136. The first-order valence-corrected chi connectivity index (χ1v) is 5.81. The van der Waals surface area contributed by atoms with Crippen LogP contribution in [0.3, 0.4) is 0 Å². The molecule has 1 aromatic carbocycles. The van der Waals surface area contributed by atoms with Crippen molar-refractivity contribution in [1.29, 1.82) is 0 Å². The second-order valence-electron chi connectivity index (χ2n) is 3.52. The van der Waals surface area contributed by atoms with Gasteiger partial charge in [0.15, 0.2) is 0 Å². The normalized spacial score (nSPS) is 10.4. The molecule has 0 aliphatic carbocycles. The molecule has 2 rings (SSSR count). The van der Waals surface area contributed by atoms with E-state index >= 15 is 0 Å². The summed E-state index contributed by atoms with van der Waals surface area (Å²) >= 11 is 3.44. The molecule has 0 unspecified atom stereocenters. The molecule has 2 aromatic rings. The lowest BCUT2D eigenvalue weighted by Gasteiger charge is -2.06. The van der Waals surface area contributed by atoms with E-state index in [9.17, 15) is 4.79 Å². The van der Waals surface area contributed by atoms with Gasteiger partial charge in [-0.15, -0.1) is 0 Å². The van der Waals surface area contributed by atoms with Crippen LogP contribution < -0.4 is 0 Å². The molecule has 1 N–H and O–H groups in total. The average molecular weight is 296 g/mol. The molecule has 0 aliphatic rings. The highest BCUT2D eigenvalue weighted by Gasteiger charge is 2.05. The van der Waals surface area contributed by atoms with Gasteiger partial charge in [0.05, 0.1) is 5.69 Å². The van der Waals surface area contributed by atoms with Crippen molar-refractivity contribution in [1.82, 2.24) is 14.8 Å². The van der Waals surface area contributed by atoms with Crippen LogP contribution in [-0.2, 0) is 11.2 Å². The summed E-state index contributed by atoms with van der Waals surface area (Å²) in [6, 6.07) is 5.68. The van der Waals surface area contributed by atoms with Gasteiger partial charge in [0.25, 0.3) is 0 Å². The quantitative estimate of drug-likeness (QED) is 0.937. The zero-order valence-electron chi connectivity index (χ0n) is 8.88. The van der Waals surface area contributed by atoms with Crippen LogP contribution in [0, 0.1) is 0 Å². The second kappa shape index (κ2) is 5.09. The molecule has 17 heavy (non-hydrogen) atoms. The third-order valence-corrected chi connectivity index (χ3v) is 2.94. The zero-order chi connectivity index (χ0) is 12.3. The Morgan fingerprint density at radius 2 is 2.29 bits per heavy atom. The van der Waals surface area contributed by atoms with Crippen LogP contribution in [0.25, 0.3) is 5.69 Å². The molecule has 0 saturated heterocycles. The fourth-order valence-corrected chi connectivity index (χ4v) is 2.08. The number of nitrogens with zero attached hydrogens (tertiary/aromatic N) is 3. The fraction of sp³-hybridized carbons (Fsp3) is 0.182. The van der Waals surface area contributed by atoms with Crippen molar-refractivity contribution in [2.24, 2.45) is 0 Å². The Hall–Kier alpha value is -1.69. The van der Waals surface area contributed by atoms with Gasteiger partial charge in [0.1, 0.15) is 12.7 Å². The minimum Gasteiger partial charge on any atom is -0.481 e. The van der Waals surface area contributed by atoms with Crippen LogP contribution in [0.15, 0.2) is 35.3 Å². The molecular formula is C11H10BrN3O2. The number of hydrogen-bond donors (Lipinski definition) is 1. The number of aromatic nitrogens is 3. The predicted octanol–water partition coefficient (Wildman–Crippen LogP) is 2.05. The van der Waals surface area contributed by atoms with E-state index in [0.717, 1.165) is 15.7 Å². The van der Waals surface area contributed by atoms with E-state index in [1.807, 2.05) is 18.2 Å². The van der Waals surface area contributed by atoms with Gasteiger partial charge in [-0.3, -0.25) is 4.79 Å². The third kappa shape index (κ3) is 2.91. The molecule has 0 bridgehead atoms. The Balaban J connectivity index is 2.20. The topological polar surface area (TPSA) is 68.0 Å². The molecular weight excluding hydrogens is 286 g/mol. The van der Waals surface area contributed by atoms with Gasteiger partial charge in [-0.2, -0.15) is 5.10 Å². The molecule has 0 atom stereocenters. The second-order valence-corrected chi connectivity index (χ2v) is 4.37. The van der Waals surface area contributed by atoms with Crippen molar-refractivity contribution in [2.75, 3.05) is 0 Å². The average Bonchev–Trinajstić information content (AvgIpc) is 2.79. The van der Waals surface area contributed by atoms with E-state index in [1.54, 1.807) is 11.0 Å². The Bertz CT molecular complexity index is 526. The van der Waals surface area contributed by atoms with E-state index in [-0.39, 0.29) is 6.42 Å². The lowest BCUT2D eigenvalue weighted by Crippen LogP contribution is -1.99. The summed E-state index contributed by atoms with van der Waals surface area (Å²) in [6.07, 6.45) is 3.72. The van der Waals surface area contributed by atoms with E-state index in [2.05, 4.69) is 26.0 Å². The third-order valence-electron chi connectivity index (χ3n) is 2.31. The van der Waals surface area contributed by atoms with Crippen LogP contribution in [0.2, 0.25) is 0 Å². The number of carboxylic acids is 1. The number of aliphatic carboxylic acids is 1. The van der Waals surface area contributed by atoms with Gasteiger partial charge < -0.3 is 5.11 Å². The molecule has 0 amide bonds. The van der Waals surface area contributed by atoms with Crippen LogP contribution >= 0.6 is 15.9 Å². The number of carbonyl (C=O) groups is 1. The van der Waals surface area contributed by atoms with Crippen LogP contribution in [0.5, 0.6) is 0 Å². The van der Waals surface area contributed by atoms with Crippen molar-refractivity contribution >= 4 is 21.9 Å². The highest BCUT2D eigenvalue weighted by atomic mass is 79.9. The first kappa shape index (κ1) is 11.8. The number of aryl methyl sites for hydroxylation is 1. The molecule has 1 aromatic heterocycles. The molecule has 0 aliphatic heterocycles. The first-order valence-electron chi connectivity index (χ1n) is 5.02. The van der Waals surface area contributed by atoms with Gasteiger partial charge in [0.2, 0.25) is 0 Å². The van der Waals surface area contributed by atoms with Gasteiger partial charge in [-0.25, -0.2) is 9.67 Å². The lowest BCUT2D eigenvalue weighted by atomic mass is 10.1. The van der Waals surface area contributed by atoms with Crippen molar-refractivity contribution in [3.63, 3.8) is 0 Å². The van der Waals surface area contributed by atoms with E-state index < -0.39 is 5.97 Å². The number of halogens is 1. The summed E-state index contributed by atoms with van der Waals surface area (Å²) < 4.78 is 2.51. The first-order chi connectivity index (χ1) is 8.16. The molecule has 0 radical (unpaired) electrons. The van der Waals surface area contributed by atoms with Crippen molar-refractivity contribution < 1.29 is 9.90 Å². The minimum absolute atomic E-state index is 0.134. The molecule has 6 heteroatoms. The van der Waals surface area contributed by atoms with Crippen LogP contribution in [0.1, 0.15) is 12.0 Å². The van der Waals surface area contributed by atoms with Gasteiger partial charge >= 0.3 is 5.97 Å². The van der Waals surface area contributed by atoms with E-state index in [0.29, 0.717) is 6.42 Å². The Morgan fingerprint density at radius 1 is 1.47 bits per heavy atom. The fourth-order valence-electron chi connectivity index (χ4n) is 1.48. The maximum atomic E-state index is 10.5. The van der Waals surface area contributed by atoms with E-state index in [1.165, 1.54) is 6.33 Å². The largest absolute Gasteiger partial charge is 0.481 e.